The fraction of sp³-hybridized carbons (Fsp3) is 0.577. The first-order valence-electron chi connectivity index (χ1n) is 13.3. The molecule has 218 valence electrons. The second-order valence-electron chi connectivity index (χ2n) is 10.3. The molecule has 0 bridgehead atoms. The number of hydrogen-bond acceptors (Lipinski definition) is 11. The summed E-state index contributed by atoms with van der Waals surface area (Å²) in [7, 11) is -3.43. The molecule has 2 saturated heterocycles. The largest absolute Gasteiger partial charge is 0.366 e. The van der Waals surface area contributed by atoms with Crippen molar-refractivity contribution in [2.75, 3.05) is 24.9 Å². The summed E-state index contributed by atoms with van der Waals surface area (Å²) in [5.41, 5.74) is 2.11. The SMILES string of the molecule is CCOP(=O)(COCC1O[C@@H](n2cnc3c(NCc4ccccc4)nc(Cl)nc32)[C@@H]2OC(C)(C)O[C@H]12)OC(C)C. The molecule has 5 rings (SSSR count). The van der Waals surface area contributed by atoms with Crippen LogP contribution in [0.25, 0.3) is 11.2 Å². The maximum absolute atomic E-state index is 13.0. The van der Waals surface area contributed by atoms with Crippen molar-refractivity contribution >= 4 is 36.2 Å². The molecule has 3 aromatic rings. The lowest BCUT2D eigenvalue weighted by Crippen LogP contribution is -2.33. The van der Waals surface area contributed by atoms with E-state index < -0.39 is 37.9 Å². The highest BCUT2D eigenvalue weighted by molar-refractivity contribution is 7.53. The first-order chi connectivity index (χ1) is 19.1. The molecule has 0 aliphatic carbocycles. The Hall–Kier alpha value is -2.15. The van der Waals surface area contributed by atoms with Crippen LogP contribution in [-0.4, -0.2) is 69.3 Å². The van der Waals surface area contributed by atoms with Crippen LogP contribution in [0.1, 0.15) is 46.4 Å². The first kappa shape index (κ1) is 29.3. The molecule has 0 spiro atoms. The fourth-order valence-corrected chi connectivity index (χ4v) is 6.62. The number of aromatic nitrogens is 4. The zero-order valence-electron chi connectivity index (χ0n) is 23.2. The summed E-state index contributed by atoms with van der Waals surface area (Å²) in [5.74, 6) is -0.338. The summed E-state index contributed by atoms with van der Waals surface area (Å²) in [6, 6.07) is 9.94. The van der Waals surface area contributed by atoms with Gasteiger partial charge in [-0.1, -0.05) is 30.3 Å². The van der Waals surface area contributed by atoms with E-state index in [4.69, 9.17) is 39.6 Å². The van der Waals surface area contributed by atoms with Crippen molar-refractivity contribution in [1.29, 1.82) is 0 Å². The van der Waals surface area contributed by atoms with Gasteiger partial charge >= 0.3 is 7.60 Å². The standard InChI is InChI=1S/C26H35ClN5O7P/c1-6-35-40(33,39-16(2)3)15-34-13-18-20-21(38-26(4,5)37-20)24(36-18)32-14-29-19-22(30-25(27)31-23(19)32)28-12-17-10-8-7-9-11-17/h7-11,14,16,18,20-21,24H,6,12-13,15H2,1-5H3,(H,28,30,31)/t18?,20-,21-,24-,40?/m1/s1. The number of hydrogen-bond donors (Lipinski definition) is 1. The van der Waals surface area contributed by atoms with E-state index >= 15 is 0 Å². The summed E-state index contributed by atoms with van der Waals surface area (Å²) in [6.45, 7) is 9.89. The van der Waals surface area contributed by atoms with Crippen molar-refractivity contribution in [2.24, 2.45) is 0 Å². The van der Waals surface area contributed by atoms with E-state index in [1.807, 2.05) is 44.2 Å². The summed E-state index contributed by atoms with van der Waals surface area (Å²) in [5, 5.41) is 3.37. The molecule has 2 aliphatic rings. The number of rotatable bonds is 12. The molecule has 5 atom stereocenters. The molecule has 0 saturated carbocycles. The van der Waals surface area contributed by atoms with E-state index in [0.717, 1.165) is 5.56 Å². The van der Waals surface area contributed by atoms with E-state index in [-0.39, 0.29) is 30.9 Å². The summed E-state index contributed by atoms with van der Waals surface area (Å²) >= 11 is 6.33. The van der Waals surface area contributed by atoms with Crippen LogP contribution in [-0.2, 0) is 39.1 Å². The monoisotopic (exact) mass is 595 g/mol. The second kappa shape index (κ2) is 12.0. The molecule has 0 radical (unpaired) electrons. The van der Waals surface area contributed by atoms with Crippen molar-refractivity contribution < 1.29 is 32.6 Å². The predicted octanol–water partition coefficient (Wildman–Crippen LogP) is 5.14. The first-order valence-corrected chi connectivity index (χ1v) is 15.4. The molecular weight excluding hydrogens is 561 g/mol. The van der Waals surface area contributed by atoms with Crippen LogP contribution < -0.4 is 5.32 Å². The number of fused-ring (bicyclic) bond motifs is 2. The number of nitrogens with zero attached hydrogens (tertiary/aromatic N) is 4. The van der Waals surface area contributed by atoms with Crippen LogP contribution >= 0.6 is 19.2 Å². The van der Waals surface area contributed by atoms with Gasteiger partial charge in [0.1, 0.15) is 24.7 Å². The Balaban J connectivity index is 1.36. The molecule has 2 unspecified atom stereocenters. The van der Waals surface area contributed by atoms with Gasteiger partial charge in [0.25, 0.3) is 0 Å². The maximum Gasteiger partial charge on any atom is 0.356 e. The quantitative estimate of drug-likeness (QED) is 0.221. The van der Waals surface area contributed by atoms with Crippen LogP contribution in [0.5, 0.6) is 0 Å². The number of benzene rings is 1. The summed E-state index contributed by atoms with van der Waals surface area (Å²) in [6.07, 6.45) is -0.967. The Bertz CT molecular complexity index is 1360. The van der Waals surface area contributed by atoms with E-state index in [1.165, 1.54) is 0 Å². The van der Waals surface area contributed by atoms with Gasteiger partial charge in [-0.3, -0.25) is 9.13 Å². The number of halogens is 1. The highest BCUT2D eigenvalue weighted by Crippen LogP contribution is 2.50. The Morgan fingerprint density at radius 3 is 2.65 bits per heavy atom. The van der Waals surface area contributed by atoms with Gasteiger partial charge in [-0.15, -0.1) is 0 Å². The molecule has 1 N–H and O–H groups in total. The average Bonchev–Trinajstić information content (AvgIpc) is 3.54. The lowest BCUT2D eigenvalue weighted by atomic mass is 10.1. The van der Waals surface area contributed by atoms with Gasteiger partial charge in [-0.25, -0.2) is 4.98 Å². The Morgan fingerprint density at radius 2 is 1.93 bits per heavy atom. The Morgan fingerprint density at radius 1 is 1.18 bits per heavy atom. The average molecular weight is 596 g/mol. The van der Waals surface area contributed by atoms with Crippen LogP contribution in [0.4, 0.5) is 5.82 Å². The normalized spacial score (nSPS) is 25.4. The van der Waals surface area contributed by atoms with Crippen LogP contribution in [0.3, 0.4) is 0 Å². The molecular formula is C26H35ClN5O7P. The molecule has 0 amide bonds. The van der Waals surface area contributed by atoms with Crippen molar-refractivity contribution in [3.8, 4) is 0 Å². The Kier molecular flexibility index (Phi) is 8.80. The van der Waals surface area contributed by atoms with E-state index in [9.17, 15) is 4.57 Å². The lowest BCUT2D eigenvalue weighted by Gasteiger charge is -2.25. The van der Waals surface area contributed by atoms with Crippen LogP contribution in [0.15, 0.2) is 36.7 Å². The molecule has 4 heterocycles. The lowest BCUT2D eigenvalue weighted by molar-refractivity contribution is -0.201. The van der Waals surface area contributed by atoms with E-state index in [2.05, 4.69) is 20.3 Å². The van der Waals surface area contributed by atoms with Gasteiger partial charge in [0, 0.05) is 6.54 Å². The van der Waals surface area contributed by atoms with Crippen molar-refractivity contribution in [3.63, 3.8) is 0 Å². The van der Waals surface area contributed by atoms with E-state index in [1.54, 1.807) is 31.7 Å². The third-order valence-corrected chi connectivity index (χ3v) is 8.39. The van der Waals surface area contributed by atoms with Crippen LogP contribution in [0.2, 0.25) is 5.28 Å². The van der Waals surface area contributed by atoms with Gasteiger partial charge < -0.3 is 33.3 Å². The number of imidazole rings is 1. The van der Waals surface area contributed by atoms with Crippen LogP contribution in [0, 0.1) is 0 Å². The minimum Gasteiger partial charge on any atom is -0.366 e. The second-order valence-corrected chi connectivity index (χ2v) is 12.6. The molecule has 2 aromatic heterocycles. The molecule has 2 aliphatic heterocycles. The van der Waals surface area contributed by atoms with Gasteiger partial charge in [0.2, 0.25) is 5.28 Å². The van der Waals surface area contributed by atoms with Gasteiger partial charge in [-0.05, 0) is 51.8 Å². The maximum atomic E-state index is 13.0. The van der Waals surface area contributed by atoms with Crippen molar-refractivity contribution in [3.05, 3.63) is 47.5 Å². The molecule has 12 nitrogen and oxygen atoms in total. The summed E-state index contributed by atoms with van der Waals surface area (Å²) in [4.78, 5) is 13.4. The molecule has 2 fully saturated rings. The number of nitrogens with one attached hydrogen (secondary N) is 1. The highest BCUT2D eigenvalue weighted by atomic mass is 35.5. The minimum atomic E-state index is -3.43. The van der Waals surface area contributed by atoms with E-state index in [0.29, 0.717) is 23.5 Å². The summed E-state index contributed by atoms with van der Waals surface area (Å²) < 4.78 is 50.4. The topological polar surface area (TPSA) is 128 Å². The van der Waals surface area contributed by atoms with Gasteiger partial charge in [0.15, 0.2) is 29.0 Å². The van der Waals surface area contributed by atoms with Crippen molar-refractivity contribution in [1.82, 2.24) is 19.5 Å². The molecule has 40 heavy (non-hydrogen) atoms. The minimum absolute atomic E-state index is 0.0694. The molecule has 1 aromatic carbocycles. The third kappa shape index (κ3) is 6.50. The number of ether oxygens (including phenoxy) is 4. The predicted molar refractivity (Wildman–Crippen MR) is 148 cm³/mol. The van der Waals surface area contributed by atoms with Gasteiger partial charge in [-0.2, -0.15) is 9.97 Å². The van der Waals surface area contributed by atoms with Gasteiger partial charge in [0.05, 0.1) is 25.6 Å². The van der Waals surface area contributed by atoms with Crippen molar-refractivity contribution in [2.45, 2.75) is 77.6 Å². The zero-order chi connectivity index (χ0) is 28.5. The zero-order valence-corrected chi connectivity index (χ0v) is 24.8. The highest BCUT2D eigenvalue weighted by Gasteiger charge is 2.56. The number of anilines is 1. The Labute approximate surface area is 238 Å². The molecule has 14 heteroatoms. The fourth-order valence-electron chi connectivity index (χ4n) is 4.89. The smallest absolute Gasteiger partial charge is 0.356 e. The third-order valence-electron chi connectivity index (χ3n) is 6.33.